The standard InChI is InChI=1S/C21H18ClN5OS2/c1-14-16(20(22)27(26-14)12-15-7-3-2-4-8-15)11-23-25-19(28)13-29-21-24-17-9-5-6-10-18(17)30-21/h2-11H,12-13H2,1H3,(H,25,28)/b23-11+. The molecule has 6 nitrogen and oxygen atoms in total. The van der Waals surface area contributed by atoms with E-state index in [0.717, 1.165) is 25.8 Å². The Bertz CT molecular complexity index is 1170. The Balaban J connectivity index is 1.34. The summed E-state index contributed by atoms with van der Waals surface area (Å²) >= 11 is 9.42. The van der Waals surface area contributed by atoms with Gasteiger partial charge in [0.25, 0.3) is 5.91 Å². The molecular formula is C21H18ClN5OS2. The quantitative estimate of drug-likeness (QED) is 0.248. The summed E-state index contributed by atoms with van der Waals surface area (Å²) in [6, 6.07) is 17.9. The Labute approximate surface area is 187 Å². The third-order valence-electron chi connectivity index (χ3n) is 4.27. The average Bonchev–Trinajstić information content (AvgIpc) is 3.28. The number of thioether (sulfide) groups is 1. The Morgan fingerprint density at radius 1 is 1.23 bits per heavy atom. The van der Waals surface area contributed by atoms with Crippen molar-refractivity contribution < 1.29 is 4.79 Å². The van der Waals surface area contributed by atoms with Gasteiger partial charge in [0, 0.05) is 0 Å². The molecule has 1 N–H and O–H groups in total. The first-order valence-electron chi connectivity index (χ1n) is 9.17. The van der Waals surface area contributed by atoms with Crippen LogP contribution in [0.2, 0.25) is 5.15 Å². The molecule has 2 aromatic heterocycles. The minimum absolute atomic E-state index is 0.207. The van der Waals surface area contributed by atoms with Crippen LogP contribution in [0.4, 0.5) is 0 Å². The van der Waals surface area contributed by atoms with Gasteiger partial charge in [-0.3, -0.25) is 4.79 Å². The molecule has 0 atom stereocenters. The van der Waals surface area contributed by atoms with E-state index in [-0.39, 0.29) is 11.7 Å². The van der Waals surface area contributed by atoms with E-state index in [1.165, 1.54) is 18.0 Å². The third kappa shape index (κ3) is 4.89. The van der Waals surface area contributed by atoms with Crippen LogP contribution in [0.5, 0.6) is 0 Å². The van der Waals surface area contributed by atoms with Gasteiger partial charge in [-0.2, -0.15) is 10.2 Å². The second kappa shape index (κ2) is 9.42. The van der Waals surface area contributed by atoms with E-state index in [1.54, 1.807) is 16.0 Å². The van der Waals surface area contributed by atoms with E-state index >= 15 is 0 Å². The minimum atomic E-state index is -0.207. The SMILES string of the molecule is Cc1nn(Cc2ccccc2)c(Cl)c1/C=N/NC(=O)CSc1nc2ccccc2s1. The number of hydrogen-bond acceptors (Lipinski definition) is 6. The lowest BCUT2D eigenvalue weighted by Gasteiger charge is -2.03. The number of hydrogen-bond donors (Lipinski definition) is 1. The predicted molar refractivity (Wildman–Crippen MR) is 124 cm³/mol. The maximum Gasteiger partial charge on any atom is 0.250 e. The highest BCUT2D eigenvalue weighted by Crippen LogP contribution is 2.29. The highest BCUT2D eigenvalue weighted by atomic mass is 35.5. The number of aromatic nitrogens is 3. The zero-order valence-electron chi connectivity index (χ0n) is 16.1. The van der Waals surface area contributed by atoms with E-state index in [2.05, 4.69) is 20.6 Å². The highest BCUT2D eigenvalue weighted by Gasteiger charge is 2.12. The zero-order chi connectivity index (χ0) is 20.9. The lowest BCUT2D eigenvalue weighted by atomic mass is 10.2. The number of thiazole rings is 1. The first kappa shape index (κ1) is 20.6. The molecule has 0 aliphatic carbocycles. The largest absolute Gasteiger partial charge is 0.272 e. The number of hydrazone groups is 1. The Hall–Kier alpha value is -2.68. The molecule has 4 aromatic rings. The molecule has 30 heavy (non-hydrogen) atoms. The molecule has 0 aliphatic heterocycles. The summed E-state index contributed by atoms with van der Waals surface area (Å²) in [4.78, 5) is 16.6. The second-order valence-corrected chi connectivity index (χ2v) is 9.07. The van der Waals surface area contributed by atoms with Crippen LogP contribution in [0.15, 0.2) is 64.0 Å². The molecule has 2 heterocycles. The summed E-state index contributed by atoms with van der Waals surface area (Å²) in [5, 5.41) is 9.00. The molecule has 0 unspecified atom stereocenters. The number of carbonyl (C=O) groups excluding carboxylic acids is 1. The number of para-hydroxylation sites is 1. The van der Waals surface area contributed by atoms with Gasteiger partial charge in [-0.25, -0.2) is 15.1 Å². The Kier molecular flexibility index (Phi) is 6.47. The highest BCUT2D eigenvalue weighted by molar-refractivity contribution is 8.01. The molecule has 0 aliphatic rings. The second-order valence-electron chi connectivity index (χ2n) is 6.46. The van der Waals surface area contributed by atoms with Gasteiger partial charge in [-0.15, -0.1) is 11.3 Å². The molecule has 9 heteroatoms. The molecule has 2 aromatic carbocycles. The van der Waals surface area contributed by atoms with Crippen molar-refractivity contribution in [3.8, 4) is 0 Å². The molecule has 0 saturated carbocycles. The number of nitrogens with one attached hydrogen (secondary N) is 1. The normalized spacial score (nSPS) is 11.4. The van der Waals surface area contributed by atoms with Crippen molar-refractivity contribution in [1.29, 1.82) is 0 Å². The third-order valence-corrected chi connectivity index (χ3v) is 6.85. The average molecular weight is 456 g/mol. The molecule has 0 radical (unpaired) electrons. The van der Waals surface area contributed by atoms with Crippen LogP contribution in [0.3, 0.4) is 0 Å². The molecule has 0 spiro atoms. The monoisotopic (exact) mass is 455 g/mol. The van der Waals surface area contributed by atoms with Crippen LogP contribution >= 0.6 is 34.7 Å². The summed E-state index contributed by atoms with van der Waals surface area (Å²) in [5.41, 5.74) is 6.02. The van der Waals surface area contributed by atoms with Crippen LogP contribution < -0.4 is 5.43 Å². The number of rotatable bonds is 7. The van der Waals surface area contributed by atoms with Gasteiger partial charge < -0.3 is 0 Å². The predicted octanol–water partition coefficient (Wildman–Crippen LogP) is 4.75. The van der Waals surface area contributed by atoms with Crippen molar-refractivity contribution >= 4 is 57.0 Å². The van der Waals surface area contributed by atoms with Crippen molar-refractivity contribution in [3.63, 3.8) is 0 Å². The van der Waals surface area contributed by atoms with Gasteiger partial charge in [0.2, 0.25) is 0 Å². The summed E-state index contributed by atoms with van der Waals surface area (Å²) in [7, 11) is 0. The first-order valence-corrected chi connectivity index (χ1v) is 11.4. The molecule has 0 bridgehead atoms. The number of benzene rings is 2. The fraction of sp³-hybridized carbons (Fsp3) is 0.143. The van der Waals surface area contributed by atoms with Crippen LogP contribution in [-0.2, 0) is 11.3 Å². The van der Waals surface area contributed by atoms with Crippen LogP contribution in [0.25, 0.3) is 10.2 Å². The number of fused-ring (bicyclic) bond motifs is 1. The number of carbonyl (C=O) groups is 1. The van der Waals surface area contributed by atoms with E-state index in [1.807, 2.05) is 61.5 Å². The van der Waals surface area contributed by atoms with Gasteiger partial charge in [-0.05, 0) is 24.6 Å². The van der Waals surface area contributed by atoms with Crippen LogP contribution in [-0.4, -0.2) is 32.6 Å². The molecule has 1 amide bonds. The van der Waals surface area contributed by atoms with E-state index in [4.69, 9.17) is 11.6 Å². The fourth-order valence-corrected chi connectivity index (χ4v) is 4.96. The van der Waals surface area contributed by atoms with E-state index in [9.17, 15) is 4.79 Å². The van der Waals surface area contributed by atoms with Crippen molar-refractivity contribution in [2.75, 3.05) is 5.75 Å². The van der Waals surface area contributed by atoms with Crippen molar-refractivity contribution in [2.45, 2.75) is 17.8 Å². The number of nitrogens with zero attached hydrogens (tertiary/aromatic N) is 4. The summed E-state index contributed by atoms with van der Waals surface area (Å²) in [6.45, 7) is 2.43. The number of aryl methyl sites for hydroxylation is 1. The lowest BCUT2D eigenvalue weighted by molar-refractivity contribution is -0.118. The van der Waals surface area contributed by atoms with Gasteiger partial charge in [-0.1, -0.05) is 65.8 Å². The van der Waals surface area contributed by atoms with Gasteiger partial charge in [0.15, 0.2) is 4.34 Å². The van der Waals surface area contributed by atoms with Crippen molar-refractivity contribution in [2.24, 2.45) is 5.10 Å². The zero-order valence-corrected chi connectivity index (χ0v) is 18.5. The fourth-order valence-electron chi connectivity index (χ4n) is 2.82. The smallest absolute Gasteiger partial charge is 0.250 e. The minimum Gasteiger partial charge on any atom is -0.272 e. The van der Waals surface area contributed by atoms with Gasteiger partial charge in [0.05, 0.1) is 40.0 Å². The molecular weight excluding hydrogens is 438 g/mol. The van der Waals surface area contributed by atoms with Crippen molar-refractivity contribution in [3.05, 3.63) is 76.6 Å². The van der Waals surface area contributed by atoms with Gasteiger partial charge in [0.1, 0.15) is 5.15 Å². The maximum atomic E-state index is 12.1. The summed E-state index contributed by atoms with van der Waals surface area (Å²) < 4.78 is 3.69. The molecule has 152 valence electrons. The van der Waals surface area contributed by atoms with Gasteiger partial charge >= 0.3 is 0 Å². The van der Waals surface area contributed by atoms with E-state index in [0.29, 0.717) is 17.3 Å². The van der Waals surface area contributed by atoms with E-state index < -0.39 is 0 Å². The molecule has 0 fully saturated rings. The van der Waals surface area contributed by atoms with Crippen LogP contribution in [0.1, 0.15) is 16.8 Å². The summed E-state index contributed by atoms with van der Waals surface area (Å²) in [6.07, 6.45) is 1.53. The summed E-state index contributed by atoms with van der Waals surface area (Å²) in [5.74, 6) is 0.0258. The topological polar surface area (TPSA) is 72.2 Å². The lowest BCUT2D eigenvalue weighted by Crippen LogP contribution is -2.19. The first-order chi connectivity index (χ1) is 14.6. The van der Waals surface area contributed by atoms with Crippen molar-refractivity contribution in [1.82, 2.24) is 20.2 Å². The molecule has 4 rings (SSSR count). The molecule has 0 saturated heterocycles. The maximum absolute atomic E-state index is 12.1. The Morgan fingerprint density at radius 2 is 2.00 bits per heavy atom. The number of halogens is 1. The Morgan fingerprint density at radius 3 is 2.80 bits per heavy atom. The van der Waals surface area contributed by atoms with Crippen LogP contribution in [0, 0.1) is 6.92 Å². The number of amides is 1.